The molecule has 68 valence electrons. The summed E-state index contributed by atoms with van der Waals surface area (Å²) in [5, 5.41) is 0. The van der Waals surface area contributed by atoms with E-state index >= 15 is 0 Å². The fourth-order valence-electron chi connectivity index (χ4n) is 0.694. The van der Waals surface area contributed by atoms with E-state index in [0.717, 1.165) is 0 Å². The third-order valence-electron chi connectivity index (χ3n) is 1.19. The number of pyridine rings is 1. The molecular weight excluding hydrogens is 207 g/mol. The van der Waals surface area contributed by atoms with Crippen LogP contribution in [0, 0.1) is 0 Å². The van der Waals surface area contributed by atoms with Crippen molar-refractivity contribution in [3.05, 3.63) is 29.6 Å². The SMILES string of the molecule is Cl.FC(F)c1cccc(CCl)n1. The van der Waals surface area contributed by atoms with E-state index in [-0.39, 0.29) is 24.0 Å². The summed E-state index contributed by atoms with van der Waals surface area (Å²) in [6, 6.07) is 4.41. The van der Waals surface area contributed by atoms with Crippen molar-refractivity contribution in [1.82, 2.24) is 4.98 Å². The van der Waals surface area contributed by atoms with Gasteiger partial charge in [0, 0.05) is 0 Å². The van der Waals surface area contributed by atoms with Gasteiger partial charge < -0.3 is 0 Å². The predicted molar refractivity (Wildman–Crippen MR) is 46.0 cm³/mol. The van der Waals surface area contributed by atoms with Gasteiger partial charge in [-0.05, 0) is 12.1 Å². The van der Waals surface area contributed by atoms with Crippen LogP contribution in [-0.2, 0) is 5.88 Å². The fraction of sp³-hybridized carbons (Fsp3) is 0.286. The molecule has 0 saturated carbocycles. The molecule has 0 aliphatic heterocycles. The number of hydrogen-bond donors (Lipinski definition) is 0. The first kappa shape index (κ1) is 11.6. The maximum Gasteiger partial charge on any atom is 0.280 e. The van der Waals surface area contributed by atoms with Crippen LogP contribution in [0.1, 0.15) is 17.8 Å². The van der Waals surface area contributed by atoms with E-state index in [0.29, 0.717) is 5.69 Å². The Hall–Kier alpha value is -0.410. The summed E-state index contributed by atoms with van der Waals surface area (Å²) in [4.78, 5) is 3.61. The number of hydrogen-bond acceptors (Lipinski definition) is 1. The molecule has 0 aliphatic carbocycles. The van der Waals surface area contributed by atoms with Crippen molar-refractivity contribution in [2.24, 2.45) is 0 Å². The Morgan fingerprint density at radius 1 is 1.42 bits per heavy atom. The summed E-state index contributed by atoms with van der Waals surface area (Å²) in [5.74, 6) is 0.167. The van der Waals surface area contributed by atoms with Gasteiger partial charge in [-0.2, -0.15) is 0 Å². The highest BCUT2D eigenvalue weighted by atomic mass is 35.5. The van der Waals surface area contributed by atoms with Crippen molar-refractivity contribution in [1.29, 1.82) is 0 Å². The molecule has 12 heavy (non-hydrogen) atoms. The van der Waals surface area contributed by atoms with Gasteiger partial charge in [-0.25, -0.2) is 8.78 Å². The maximum atomic E-state index is 12.0. The van der Waals surface area contributed by atoms with E-state index in [1.807, 2.05) is 0 Å². The van der Waals surface area contributed by atoms with Gasteiger partial charge in [0.05, 0.1) is 11.6 Å². The molecule has 0 bridgehead atoms. The van der Waals surface area contributed by atoms with Crippen LogP contribution in [0.15, 0.2) is 18.2 Å². The molecule has 0 radical (unpaired) electrons. The Labute approximate surface area is 80.2 Å². The zero-order valence-electron chi connectivity index (χ0n) is 6.01. The lowest BCUT2D eigenvalue weighted by molar-refractivity contribution is 0.146. The lowest BCUT2D eigenvalue weighted by atomic mass is 10.3. The molecule has 0 unspecified atom stereocenters. The second-order valence-corrected chi connectivity index (χ2v) is 2.26. The monoisotopic (exact) mass is 213 g/mol. The summed E-state index contributed by atoms with van der Waals surface area (Å²) in [5.41, 5.74) is 0.257. The van der Waals surface area contributed by atoms with Gasteiger partial charge in [0.2, 0.25) is 0 Å². The molecule has 1 heterocycles. The van der Waals surface area contributed by atoms with E-state index in [1.54, 1.807) is 6.07 Å². The van der Waals surface area contributed by atoms with Crippen molar-refractivity contribution in [2.45, 2.75) is 12.3 Å². The Kier molecular flexibility index (Phi) is 5.09. The van der Waals surface area contributed by atoms with Crippen molar-refractivity contribution in [2.75, 3.05) is 0 Å². The second-order valence-electron chi connectivity index (χ2n) is 1.99. The maximum absolute atomic E-state index is 12.0. The van der Waals surface area contributed by atoms with E-state index in [1.165, 1.54) is 12.1 Å². The zero-order valence-corrected chi connectivity index (χ0v) is 7.58. The summed E-state index contributed by atoms with van der Waals surface area (Å²) in [6.07, 6.45) is -2.52. The normalized spacial score (nSPS) is 9.67. The van der Waals surface area contributed by atoms with Crippen molar-refractivity contribution in [3.63, 3.8) is 0 Å². The van der Waals surface area contributed by atoms with E-state index in [2.05, 4.69) is 4.98 Å². The largest absolute Gasteiger partial charge is 0.280 e. The number of aromatic nitrogens is 1. The minimum Gasteiger partial charge on any atom is -0.251 e. The van der Waals surface area contributed by atoms with Gasteiger partial charge >= 0.3 is 0 Å². The molecule has 5 heteroatoms. The number of alkyl halides is 3. The summed E-state index contributed by atoms with van der Waals surface area (Å²) < 4.78 is 24.0. The Morgan fingerprint density at radius 3 is 2.58 bits per heavy atom. The summed E-state index contributed by atoms with van der Waals surface area (Å²) in [6.45, 7) is 0. The standard InChI is InChI=1S/C7H6ClF2N.ClH/c8-4-5-2-1-3-6(11-5)7(9)10;/h1-3,7H,4H2;1H. The van der Waals surface area contributed by atoms with Crippen LogP contribution >= 0.6 is 24.0 Å². The smallest absolute Gasteiger partial charge is 0.251 e. The quantitative estimate of drug-likeness (QED) is 0.689. The first-order chi connectivity index (χ1) is 5.24. The highest BCUT2D eigenvalue weighted by Crippen LogP contribution is 2.16. The highest BCUT2D eigenvalue weighted by Gasteiger charge is 2.07. The average molecular weight is 214 g/mol. The average Bonchev–Trinajstić information content (AvgIpc) is 2.05. The zero-order chi connectivity index (χ0) is 8.27. The molecule has 1 aromatic heterocycles. The number of nitrogens with zero attached hydrogens (tertiary/aromatic N) is 1. The first-order valence-electron chi connectivity index (χ1n) is 3.04. The van der Waals surface area contributed by atoms with Crippen LogP contribution in [0.2, 0.25) is 0 Å². The van der Waals surface area contributed by atoms with Crippen molar-refractivity contribution < 1.29 is 8.78 Å². The van der Waals surface area contributed by atoms with E-state index < -0.39 is 6.43 Å². The van der Waals surface area contributed by atoms with Gasteiger partial charge in [-0.1, -0.05) is 6.07 Å². The minimum absolute atomic E-state index is 0. The van der Waals surface area contributed by atoms with Gasteiger partial charge in [-0.3, -0.25) is 4.98 Å². The molecule has 0 aliphatic rings. The van der Waals surface area contributed by atoms with Gasteiger partial charge in [0.15, 0.2) is 0 Å². The van der Waals surface area contributed by atoms with Crippen molar-refractivity contribution >= 4 is 24.0 Å². The van der Waals surface area contributed by atoms with Gasteiger partial charge in [0.25, 0.3) is 6.43 Å². The molecule has 0 spiro atoms. The lowest BCUT2D eigenvalue weighted by Crippen LogP contribution is -1.92. The van der Waals surface area contributed by atoms with Crippen LogP contribution in [0.25, 0.3) is 0 Å². The van der Waals surface area contributed by atoms with E-state index in [9.17, 15) is 8.78 Å². The summed E-state index contributed by atoms with van der Waals surface area (Å²) >= 11 is 5.40. The highest BCUT2D eigenvalue weighted by molar-refractivity contribution is 6.16. The third kappa shape index (κ3) is 2.91. The lowest BCUT2D eigenvalue weighted by Gasteiger charge is -1.99. The third-order valence-corrected chi connectivity index (χ3v) is 1.46. The predicted octanol–water partition coefficient (Wildman–Crippen LogP) is 3.18. The van der Waals surface area contributed by atoms with Crippen LogP contribution in [0.5, 0.6) is 0 Å². The molecule has 0 aromatic carbocycles. The van der Waals surface area contributed by atoms with E-state index in [4.69, 9.17) is 11.6 Å². The van der Waals surface area contributed by atoms with Crippen molar-refractivity contribution in [3.8, 4) is 0 Å². The topological polar surface area (TPSA) is 12.9 Å². The molecule has 1 aromatic rings. The number of halogens is 4. The minimum atomic E-state index is -2.52. The van der Waals surface area contributed by atoms with Crippen LogP contribution in [-0.4, -0.2) is 4.98 Å². The molecule has 0 atom stereocenters. The van der Waals surface area contributed by atoms with Crippen LogP contribution in [0.3, 0.4) is 0 Å². The van der Waals surface area contributed by atoms with Gasteiger partial charge in [0.1, 0.15) is 5.69 Å². The Morgan fingerprint density at radius 2 is 2.08 bits per heavy atom. The molecule has 1 nitrogen and oxygen atoms in total. The number of rotatable bonds is 2. The van der Waals surface area contributed by atoms with Gasteiger partial charge in [-0.15, -0.1) is 24.0 Å². The van der Waals surface area contributed by atoms with Crippen LogP contribution in [0.4, 0.5) is 8.78 Å². The van der Waals surface area contributed by atoms with Crippen LogP contribution < -0.4 is 0 Å². The first-order valence-corrected chi connectivity index (χ1v) is 3.57. The Balaban J connectivity index is 0.00000121. The molecule has 0 saturated heterocycles. The molecule has 1 rings (SSSR count). The second kappa shape index (κ2) is 5.27. The fourth-order valence-corrected chi connectivity index (χ4v) is 0.843. The molecule has 0 fully saturated rings. The summed E-state index contributed by atoms with van der Waals surface area (Å²) in [7, 11) is 0. The molecule has 0 N–H and O–H groups in total. The Bertz CT molecular complexity index is 243. The molecular formula is C7H7Cl2F2N. The molecule has 0 amide bonds.